The maximum absolute atomic E-state index is 12.7. The summed E-state index contributed by atoms with van der Waals surface area (Å²) in [6.45, 7) is 2.23. The van der Waals surface area contributed by atoms with Gasteiger partial charge in [-0.3, -0.25) is 14.6 Å². The van der Waals surface area contributed by atoms with Crippen LogP contribution in [0.5, 0.6) is 0 Å². The lowest BCUT2D eigenvalue weighted by Crippen LogP contribution is -2.30. The van der Waals surface area contributed by atoms with Crippen molar-refractivity contribution in [3.8, 4) is 0 Å². The number of carbonyl (C=O) groups excluding carboxylic acids is 2. The summed E-state index contributed by atoms with van der Waals surface area (Å²) < 4.78 is 0. The van der Waals surface area contributed by atoms with Gasteiger partial charge in [-0.1, -0.05) is 6.07 Å². The molecule has 2 amide bonds. The van der Waals surface area contributed by atoms with Gasteiger partial charge in [0.1, 0.15) is 0 Å². The molecule has 2 aromatic rings. The molecule has 2 heterocycles. The van der Waals surface area contributed by atoms with Crippen LogP contribution in [0, 0.1) is 0 Å². The molecule has 0 N–H and O–H groups in total. The van der Waals surface area contributed by atoms with Gasteiger partial charge in [0.2, 0.25) is 0 Å². The topological polar surface area (TPSA) is 53.5 Å². The van der Waals surface area contributed by atoms with Crippen LogP contribution in [-0.2, 0) is 6.42 Å². The van der Waals surface area contributed by atoms with E-state index in [0.717, 1.165) is 37.9 Å². The minimum atomic E-state index is -0.0647. The largest absolute Gasteiger partial charge is 0.341 e. The summed E-state index contributed by atoms with van der Waals surface area (Å²) in [5, 5.41) is 0. The van der Waals surface area contributed by atoms with Gasteiger partial charge < -0.3 is 9.80 Å². The van der Waals surface area contributed by atoms with Crippen molar-refractivity contribution in [2.75, 3.05) is 26.7 Å². The van der Waals surface area contributed by atoms with E-state index in [9.17, 15) is 9.59 Å². The Labute approximate surface area is 148 Å². The Morgan fingerprint density at radius 3 is 2.48 bits per heavy atom. The molecule has 0 aliphatic carbocycles. The van der Waals surface area contributed by atoms with Crippen LogP contribution < -0.4 is 0 Å². The van der Waals surface area contributed by atoms with Gasteiger partial charge in [0, 0.05) is 50.2 Å². The Morgan fingerprint density at radius 1 is 1.08 bits per heavy atom. The van der Waals surface area contributed by atoms with Crippen LogP contribution in [0.15, 0.2) is 48.8 Å². The molecule has 1 aromatic carbocycles. The molecular formula is C20H23N3O2. The van der Waals surface area contributed by atoms with Gasteiger partial charge in [0.25, 0.3) is 11.8 Å². The van der Waals surface area contributed by atoms with Gasteiger partial charge >= 0.3 is 0 Å². The van der Waals surface area contributed by atoms with Crippen molar-refractivity contribution >= 4 is 11.8 Å². The number of carbonyl (C=O) groups is 2. The maximum atomic E-state index is 12.7. The minimum Gasteiger partial charge on any atom is -0.341 e. The zero-order valence-corrected chi connectivity index (χ0v) is 14.5. The van der Waals surface area contributed by atoms with Crippen LogP contribution in [-0.4, -0.2) is 53.3 Å². The van der Waals surface area contributed by atoms with Crippen molar-refractivity contribution in [3.05, 3.63) is 65.5 Å². The lowest BCUT2D eigenvalue weighted by molar-refractivity contribution is 0.0792. The highest BCUT2D eigenvalue weighted by Gasteiger charge is 2.20. The van der Waals surface area contributed by atoms with E-state index in [4.69, 9.17) is 0 Å². The van der Waals surface area contributed by atoms with Crippen molar-refractivity contribution in [2.45, 2.75) is 19.3 Å². The Morgan fingerprint density at radius 2 is 1.76 bits per heavy atom. The monoisotopic (exact) mass is 337 g/mol. The number of aromatic nitrogens is 1. The van der Waals surface area contributed by atoms with E-state index in [-0.39, 0.29) is 11.8 Å². The van der Waals surface area contributed by atoms with Crippen LogP contribution in [0.1, 0.15) is 39.1 Å². The number of nitrogens with zero attached hydrogens (tertiary/aromatic N) is 3. The normalized spacial score (nSPS) is 13.7. The van der Waals surface area contributed by atoms with Crippen LogP contribution in [0.4, 0.5) is 0 Å². The first-order valence-electron chi connectivity index (χ1n) is 8.69. The van der Waals surface area contributed by atoms with Gasteiger partial charge in [-0.05, 0) is 55.2 Å². The molecule has 0 saturated carbocycles. The summed E-state index contributed by atoms with van der Waals surface area (Å²) in [4.78, 5) is 32.7. The van der Waals surface area contributed by atoms with Crippen molar-refractivity contribution in [2.24, 2.45) is 0 Å². The maximum Gasteiger partial charge on any atom is 0.253 e. The number of likely N-dealkylation sites (N-methyl/N-ethyl adjacent to an activating group) is 1. The van der Waals surface area contributed by atoms with E-state index >= 15 is 0 Å². The van der Waals surface area contributed by atoms with Crippen LogP contribution in [0.3, 0.4) is 0 Å². The Bertz CT molecular complexity index is 740. The molecule has 0 bridgehead atoms. The second kappa shape index (κ2) is 7.92. The van der Waals surface area contributed by atoms with Crippen molar-refractivity contribution in [3.63, 3.8) is 0 Å². The highest BCUT2D eigenvalue weighted by Crippen LogP contribution is 2.15. The first kappa shape index (κ1) is 17.1. The highest BCUT2D eigenvalue weighted by atomic mass is 16.2. The summed E-state index contributed by atoms with van der Waals surface area (Å²) in [5.41, 5.74) is 2.30. The molecule has 1 aromatic heterocycles. The second-order valence-corrected chi connectivity index (χ2v) is 6.41. The average Bonchev–Trinajstić information content (AvgIpc) is 3.20. The predicted octanol–water partition coefficient (Wildman–Crippen LogP) is 2.63. The molecule has 0 unspecified atom stereocenters. The van der Waals surface area contributed by atoms with Gasteiger partial charge in [-0.15, -0.1) is 0 Å². The van der Waals surface area contributed by atoms with E-state index in [0.29, 0.717) is 17.7 Å². The summed E-state index contributed by atoms with van der Waals surface area (Å²) in [6, 6.07) is 11.0. The van der Waals surface area contributed by atoms with Gasteiger partial charge in [0.15, 0.2) is 0 Å². The standard InChI is InChI=1S/C20H23N3O2/c1-22(14-9-16-7-10-21-11-8-16)19(24)17-5-4-6-18(15-17)20(25)23-12-2-3-13-23/h4-8,10-11,15H,2-3,9,12-14H2,1H3. The number of likely N-dealkylation sites (tertiary alicyclic amines) is 1. The third-order valence-electron chi connectivity index (χ3n) is 4.58. The second-order valence-electron chi connectivity index (χ2n) is 6.41. The number of benzene rings is 1. The zero-order chi connectivity index (χ0) is 17.6. The molecule has 5 heteroatoms. The molecule has 0 atom stereocenters. The molecule has 25 heavy (non-hydrogen) atoms. The third-order valence-corrected chi connectivity index (χ3v) is 4.58. The summed E-state index contributed by atoms with van der Waals surface area (Å²) in [7, 11) is 1.79. The van der Waals surface area contributed by atoms with E-state index in [2.05, 4.69) is 4.98 Å². The molecule has 3 rings (SSSR count). The molecule has 1 aliphatic heterocycles. The predicted molar refractivity (Wildman–Crippen MR) is 96.5 cm³/mol. The van der Waals surface area contributed by atoms with Gasteiger partial charge in [-0.2, -0.15) is 0 Å². The Hall–Kier alpha value is -2.69. The highest BCUT2D eigenvalue weighted by molar-refractivity contribution is 5.99. The van der Waals surface area contributed by atoms with E-state index < -0.39 is 0 Å². The lowest BCUT2D eigenvalue weighted by Gasteiger charge is -2.19. The zero-order valence-electron chi connectivity index (χ0n) is 14.5. The fourth-order valence-corrected chi connectivity index (χ4v) is 3.06. The lowest BCUT2D eigenvalue weighted by atomic mass is 10.1. The summed E-state index contributed by atoms with van der Waals surface area (Å²) >= 11 is 0. The first-order valence-corrected chi connectivity index (χ1v) is 8.69. The molecule has 5 nitrogen and oxygen atoms in total. The minimum absolute atomic E-state index is 0.0200. The van der Waals surface area contributed by atoms with E-state index in [1.807, 2.05) is 17.0 Å². The van der Waals surface area contributed by atoms with Crippen molar-refractivity contribution in [1.82, 2.24) is 14.8 Å². The van der Waals surface area contributed by atoms with Crippen molar-refractivity contribution < 1.29 is 9.59 Å². The summed E-state index contributed by atoms with van der Waals surface area (Å²) in [6.07, 6.45) is 6.40. The smallest absolute Gasteiger partial charge is 0.253 e. The van der Waals surface area contributed by atoms with Gasteiger partial charge in [-0.25, -0.2) is 0 Å². The number of rotatable bonds is 5. The Balaban J connectivity index is 1.65. The number of hydrogen-bond donors (Lipinski definition) is 0. The number of hydrogen-bond acceptors (Lipinski definition) is 3. The fraction of sp³-hybridized carbons (Fsp3) is 0.350. The molecule has 1 fully saturated rings. The van der Waals surface area contributed by atoms with Crippen LogP contribution >= 0.6 is 0 Å². The SMILES string of the molecule is CN(CCc1ccncc1)C(=O)c1cccc(C(=O)N2CCCC2)c1. The quantitative estimate of drug-likeness (QED) is 0.843. The molecule has 130 valence electrons. The number of pyridine rings is 1. The number of amides is 2. The first-order chi connectivity index (χ1) is 12.1. The van der Waals surface area contributed by atoms with E-state index in [1.165, 1.54) is 0 Å². The van der Waals surface area contributed by atoms with Crippen LogP contribution in [0.2, 0.25) is 0 Å². The average molecular weight is 337 g/mol. The summed E-state index contributed by atoms with van der Waals surface area (Å²) in [5.74, 6) is -0.0447. The molecule has 0 spiro atoms. The van der Waals surface area contributed by atoms with E-state index in [1.54, 1.807) is 48.6 Å². The Kier molecular flexibility index (Phi) is 5.43. The fourth-order valence-electron chi connectivity index (χ4n) is 3.06. The molecule has 0 radical (unpaired) electrons. The van der Waals surface area contributed by atoms with Crippen molar-refractivity contribution in [1.29, 1.82) is 0 Å². The molecule has 1 aliphatic rings. The molecular weight excluding hydrogens is 314 g/mol. The van der Waals surface area contributed by atoms with Crippen LogP contribution in [0.25, 0.3) is 0 Å². The van der Waals surface area contributed by atoms with Gasteiger partial charge in [0.05, 0.1) is 0 Å². The molecule has 1 saturated heterocycles. The third kappa shape index (κ3) is 4.24.